The van der Waals surface area contributed by atoms with Gasteiger partial charge < -0.3 is 10.6 Å². The number of nitrogens with zero attached hydrogens (tertiary/aromatic N) is 1. The maximum atomic E-state index is 12.3. The van der Waals surface area contributed by atoms with Crippen LogP contribution in [0.4, 0.5) is 11.4 Å². The predicted molar refractivity (Wildman–Crippen MR) is 118 cm³/mol. The molecule has 0 fully saturated rings. The zero-order valence-electron chi connectivity index (χ0n) is 16.2. The van der Waals surface area contributed by atoms with Gasteiger partial charge in [0.2, 0.25) is 11.8 Å². The lowest BCUT2D eigenvalue weighted by Gasteiger charge is -2.10. The zero-order chi connectivity index (χ0) is 20.1. The van der Waals surface area contributed by atoms with Gasteiger partial charge in [0.1, 0.15) is 0 Å². The monoisotopic (exact) mass is 413 g/mol. The molecule has 0 unspecified atom stereocenters. The Morgan fingerprint density at radius 1 is 1.07 bits per heavy atom. The smallest absolute Gasteiger partial charge is 0.234 e. The van der Waals surface area contributed by atoms with E-state index in [0.717, 1.165) is 43.5 Å². The summed E-state index contributed by atoms with van der Waals surface area (Å²) in [5.74, 6) is 0.270. The minimum absolute atomic E-state index is 0.0177. The Morgan fingerprint density at radius 3 is 2.54 bits per heavy atom. The van der Waals surface area contributed by atoms with Crippen LogP contribution in [0.1, 0.15) is 30.9 Å². The lowest BCUT2D eigenvalue weighted by Crippen LogP contribution is -2.15. The van der Waals surface area contributed by atoms with Gasteiger partial charge in [-0.25, -0.2) is 4.98 Å². The number of carbonyl (C=O) groups is 2. The highest BCUT2D eigenvalue weighted by molar-refractivity contribution is 8.01. The molecule has 3 aromatic rings. The SMILES string of the molecule is CCCC(=O)Nc1ccc2nc(SCC(=O)Nc3c(C)cccc3C)sc2c1. The zero-order valence-corrected chi connectivity index (χ0v) is 17.8. The summed E-state index contributed by atoms with van der Waals surface area (Å²) in [5, 5.41) is 5.90. The van der Waals surface area contributed by atoms with Crippen LogP contribution in [0.5, 0.6) is 0 Å². The van der Waals surface area contributed by atoms with Gasteiger partial charge in [-0.05, 0) is 49.6 Å². The molecule has 2 amide bonds. The number of para-hydroxylation sites is 1. The molecule has 146 valence electrons. The fourth-order valence-electron chi connectivity index (χ4n) is 2.81. The van der Waals surface area contributed by atoms with Crippen molar-refractivity contribution in [2.75, 3.05) is 16.4 Å². The number of thioether (sulfide) groups is 1. The number of nitrogens with one attached hydrogen (secondary N) is 2. The maximum absolute atomic E-state index is 12.3. The summed E-state index contributed by atoms with van der Waals surface area (Å²) in [6.07, 6.45) is 1.33. The van der Waals surface area contributed by atoms with Gasteiger partial charge in [0.25, 0.3) is 0 Å². The molecular weight excluding hydrogens is 390 g/mol. The van der Waals surface area contributed by atoms with E-state index in [2.05, 4.69) is 15.6 Å². The Morgan fingerprint density at radius 2 is 1.82 bits per heavy atom. The minimum atomic E-state index is -0.0471. The predicted octanol–water partition coefficient (Wildman–Crippen LogP) is 5.38. The topological polar surface area (TPSA) is 71.1 Å². The van der Waals surface area contributed by atoms with E-state index < -0.39 is 0 Å². The largest absolute Gasteiger partial charge is 0.326 e. The summed E-state index contributed by atoms with van der Waals surface area (Å²) in [7, 11) is 0. The van der Waals surface area contributed by atoms with E-state index in [9.17, 15) is 9.59 Å². The molecule has 0 saturated heterocycles. The van der Waals surface area contributed by atoms with Crippen molar-refractivity contribution in [2.45, 2.75) is 38.0 Å². The van der Waals surface area contributed by atoms with E-state index in [-0.39, 0.29) is 11.8 Å². The number of benzene rings is 2. The van der Waals surface area contributed by atoms with Gasteiger partial charge in [-0.2, -0.15) is 0 Å². The van der Waals surface area contributed by atoms with E-state index >= 15 is 0 Å². The van der Waals surface area contributed by atoms with Crippen molar-refractivity contribution in [1.82, 2.24) is 4.98 Å². The quantitative estimate of drug-likeness (QED) is 0.510. The first-order valence-electron chi connectivity index (χ1n) is 9.15. The fraction of sp³-hybridized carbons (Fsp3) is 0.286. The Balaban J connectivity index is 1.62. The van der Waals surface area contributed by atoms with Crippen LogP contribution in [0.15, 0.2) is 40.7 Å². The van der Waals surface area contributed by atoms with Gasteiger partial charge in [-0.15, -0.1) is 11.3 Å². The fourth-order valence-corrected chi connectivity index (χ4v) is 4.72. The third-order valence-corrected chi connectivity index (χ3v) is 6.36. The molecule has 5 nitrogen and oxygen atoms in total. The molecule has 28 heavy (non-hydrogen) atoms. The first kappa shape index (κ1) is 20.4. The Kier molecular flexibility index (Phi) is 6.70. The highest BCUT2D eigenvalue weighted by Gasteiger charge is 2.11. The molecule has 0 spiro atoms. The number of hydrogen-bond donors (Lipinski definition) is 2. The molecule has 0 atom stereocenters. The molecule has 0 aliphatic rings. The number of amides is 2. The third kappa shape index (κ3) is 5.11. The molecule has 1 heterocycles. The maximum Gasteiger partial charge on any atom is 0.234 e. The van der Waals surface area contributed by atoms with Crippen molar-refractivity contribution < 1.29 is 9.59 Å². The van der Waals surface area contributed by atoms with Crippen molar-refractivity contribution in [3.63, 3.8) is 0 Å². The lowest BCUT2D eigenvalue weighted by molar-refractivity contribution is -0.116. The highest BCUT2D eigenvalue weighted by atomic mass is 32.2. The number of anilines is 2. The summed E-state index contributed by atoms with van der Waals surface area (Å²) in [6.45, 7) is 5.95. The Labute approximate surface area is 172 Å². The summed E-state index contributed by atoms with van der Waals surface area (Å²) in [5.41, 5.74) is 4.63. The summed E-state index contributed by atoms with van der Waals surface area (Å²) in [6, 6.07) is 11.6. The standard InChI is InChI=1S/C21H23N3O2S2/c1-4-6-18(25)22-15-9-10-16-17(11-15)28-21(23-16)27-12-19(26)24-20-13(2)7-5-8-14(20)3/h5,7-11H,4,6,12H2,1-3H3,(H,22,25)(H,24,26). The summed E-state index contributed by atoms with van der Waals surface area (Å²) >= 11 is 2.95. The van der Waals surface area contributed by atoms with Crippen LogP contribution in [0.3, 0.4) is 0 Å². The Bertz CT molecular complexity index is 994. The molecular formula is C21H23N3O2S2. The molecule has 3 rings (SSSR count). The van der Waals surface area contributed by atoms with Crippen LogP contribution >= 0.6 is 23.1 Å². The van der Waals surface area contributed by atoms with E-state index in [0.29, 0.717) is 12.2 Å². The van der Waals surface area contributed by atoms with Gasteiger partial charge in [-0.1, -0.05) is 36.9 Å². The van der Waals surface area contributed by atoms with Crippen LogP contribution in [0.25, 0.3) is 10.2 Å². The van der Waals surface area contributed by atoms with E-state index in [1.165, 1.54) is 23.1 Å². The Hall–Kier alpha value is -2.38. The molecule has 2 aromatic carbocycles. The van der Waals surface area contributed by atoms with Gasteiger partial charge >= 0.3 is 0 Å². The number of hydrogen-bond acceptors (Lipinski definition) is 5. The van der Waals surface area contributed by atoms with Crippen LogP contribution in [-0.2, 0) is 9.59 Å². The molecule has 0 aliphatic heterocycles. The average molecular weight is 414 g/mol. The minimum Gasteiger partial charge on any atom is -0.326 e. The van der Waals surface area contributed by atoms with Gasteiger partial charge in [0.05, 0.1) is 16.0 Å². The second kappa shape index (κ2) is 9.21. The van der Waals surface area contributed by atoms with E-state index in [1.807, 2.05) is 57.2 Å². The van der Waals surface area contributed by atoms with Gasteiger partial charge in [0.15, 0.2) is 4.34 Å². The van der Waals surface area contributed by atoms with Crippen molar-refractivity contribution in [3.05, 3.63) is 47.5 Å². The van der Waals surface area contributed by atoms with Crippen LogP contribution in [0.2, 0.25) is 0 Å². The van der Waals surface area contributed by atoms with Gasteiger partial charge in [0, 0.05) is 17.8 Å². The van der Waals surface area contributed by atoms with Crippen LogP contribution in [-0.4, -0.2) is 22.6 Å². The second-order valence-electron chi connectivity index (χ2n) is 6.56. The third-order valence-electron chi connectivity index (χ3n) is 4.20. The first-order valence-corrected chi connectivity index (χ1v) is 11.0. The van der Waals surface area contributed by atoms with Crippen molar-refractivity contribution in [3.8, 4) is 0 Å². The van der Waals surface area contributed by atoms with Crippen LogP contribution < -0.4 is 10.6 Å². The summed E-state index contributed by atoms with van der Waals surface area (Å²) in [4.78, 5) is 28.7. The average Bonchev–Trinajstić information content (AvgIpc) is 3.05. The molecule has 0 aliphatic carbocycles. The van der Waals surface area contributed by atoms with Crippen LogP contribution in [0, 0.1) is 13.8 Å². The molecule has 2 N–H and O–H groups in total. The van der Waals surface area contributed by atoms with E-state index in [4.69, 9.17) is 0 Å². The molecule has 0 radical (unpaired) electrons. The number of fused-ring (bicyclic) bond motifs is 1. The number of rotatable bonds is 7. The molecule has 7 heteroatoms. The lowest BCUT2D eigenvalue weighted by atomic mass is 10.1. The van der Waals surface area contributed by atoms with Crippen molar-refractivity contribution in [2.24, 2.45) is 0 Å². The highest BCUT2D eigenvalue weighted by Crippen LogP contribution is 2.31. The molecule has 0 bridgehead atoms. The van der Waals surface area contributed by atoms with E-state index in [1.54, 1.807) is 0 Å². The molecule has 0 saturated carbocycles. The number of aromatic nitrogens is 1. The number of aryl methyl sites for hydroxylation is 2. The number of thiazole rings is 1. The summed E-state index contributed by atoms with van der Waals surface area (Å²) < 4.78 is 1.83. The van der Waals surface area contributed by atoms with Crippen molar-refractivity contribution >= 4 is 56.5 Å². The van der Waals surface area contributed by atoms with Crippen molar-refractivity contribution in [1.29, 1.82) is 0 Å². The van der Waals surface area contributed by atoms with Gasteiger partial charge in [-0.3, -0.25) is 9.59 Å². The number of carbonyl (C=O) groups excluding carboxylic acids is 2. The molecule has 1 aromatic heterocycles. The first-order chi connectivity index (χ1) is 13.5. The second-order valence-corrected chi connectivity index (χ2v) is 8.82. The normalized spacial score (nSPS) is 10.8.